The number of nitrogens with zero attached hydrogens (tertiary/aromatic N) is 3. The first kappa shape index (κ1) is 24.4. The largest absolute Gasteiger partial charge is 0.451 e. The minimum absolute atomic E-state index is 0.110. The summed E-state index contributed by atoms with van der Waals surface area (Å²) in [6, 6.07) is 15.0. The molecule has 1 aliphatic rings. The number of H-pyrrole nitrogens is 1. The molecule has 2 aromatic heterocycles. The van der Waals surface area contributed by atoms with Gasteiger partial charge in [-0.05, 0) is 73.8 Å². The van der Waals surface area contributed by atoms with Crippen LogP contribution in [-0.2, 0) is 6.42 Å². The number of hydrogen-bond acceptors (Lipinski definition) is 6. The molecule has 5 rings (SSSR count). The Balaban J connectivity index is 1.10. The molecular weight excluding hydrogens is 468 g/mol. The lowest BCUT2D eigenvalue weighted by Crippen LogP contribution is -2.46. The van der Waals surface area contributed by atoms with Crippen molar-refractivity contribution < 1.29 is 14.0 Å². The number of imide groups is 1. The van der Waals surface area contributed by atoms with Crippen molar-refractivity contribution in [2.45, 2.75) is 19.3 Å². The standard InChI is InChI=1S/C28H30N6O3/c1-30-28(36)32-27(35)26-16-21-15-22(6-8-25(21)37-26)34-12-10-33(11-13-34)9-3-2-4-20-18-31-24-7-5-19(17-29)14-23(20)24/h5-8,14-16,18,31H,2-4,9-13H2,1H3,(H2,30,32,35,36). The van der Waals surface area contributed by atoms with Gasteiger partial charge >= 0.3 is 6.03 Å². The summed E-state index contributed by atoms with van der Waals surface area (Å²) in [7, 11) is 1.45. The number of amides is 3. The number of nitrogens with one attached hydrogen (secondary N) is 3. The highest BCUT2D eigenvalue weighted by Crippen LogP contribution is 2.26. The monoisotopic (exact) mass is 498 g/mol. The minimum atomic E-state index is -0.573. The molecule has 9 nitrogen and oxygen atoms in total. The Kier molecular flexibility index (Phi) is 7.10. The van der Waals surface area contributed by atoms with E-state index in [1.54, 1.807) is 6.07 Å². The van der Waals surface area contributed by atoms with Crippen LogP contribution < -0.4 is 15.5 Å². The Morgan fingerprint density at radius 3 is 2.70 bits per heavy atom. The van der Waals surface area contributed by atoms with Crippen LogP contribution in [0.15, 0.2) is 53.1 Å². The number of aromatic amines is 1. The lowest BCUT2D eigenvalue weighted by Gasteiger charge is -2.36. The smallest absolute Gasteiger partial charge is 0.321 e. The quantitative estimate of drug-likeness (QED) is 0.332. The van der Waals surface area contributed by atoms with Crippen LogP contribution in [0.2, 0.25) is 0 Å². The van der Waals surface area contributed by atoms with E-state index in [1.165, 1.54) is 12.6 Å². The predicted octanol–water partition coefficient (Wildman–Crippen LogP) is 4.00. The summed E-state index contributed by atoms with van der Waals surface area (Å²) in [4.78, 5) is 31.7. The van der Waals surface area contributed by atoms with Crippen molar-refractivity contribution in [3.05, 3.63) is 65.5 Å². The van der Waals surface area contributed by atoms with E-state index in [2.05, 4.69) is 37.7 Å². The molecule has 190 valence electrons. The van der Waals surface area contributed by atoms with Crippen molar-refractivity contribution in [1.29, 1.82) is 5.26 Å². The molecule has 0 aliphatic carbocycles. The molecule has 3 heterocycles. The first-order valence-corrected chi connectivity index (χ1v) is 12.6. The zero-order valence-corrected chi connectivity index (χ0v) is 20.8. The number of anilines is 1. The molecule has 4 aromatic rings. The second-order valence-corrected chi connectivity index (χ2v) is 9.34. The summed E-state index contributed by atoms with van der Waals surface area (Å²) >= 11 is 0. The lowest BCUT2D eigenvalue weighted by molar-refractivity contribution is 0.0939. The van der Waals surface area contributed by atoms with Gasteiger partial charge in [0.05, 0.1) is 11.6 Å². The summed E-state index contributed by atoms with van der Waals surface area (Å²) in [5.41, 5.74) is 4.78. The van der Waals surface area contributed by atoms with E-state index in [0.29, 0.717) is 11.1 Å². The van der Waals surface area contributed by atoms with Gasteiger partial charge in [-0.3, -0.25) is 15.0 Å². The van der Waals surface area contributed by atoms with Gasteiger partial charge < -0.3 is 19.6 Å². The van der Waals surface area contributed by atoms with Gasteiger partial charge in [0.25, 0.3) is 5.91 Å². The number of hydrogen-bond donors (Lipinski definition) is 3. The SMILES string of the molecule is CNC(=O)NC(=O)c1cc2cc(N3CCN(CCCCc4c[nH]c5ccc(C#N)cc45)CC3)ccc2o1. The molecule has 2 aromatic carbocycles. The lowest BCUT2D eigenvalue weighted by atomic mass is 10.1. The average molecular weight is 499 g/mol. The zero-order valence-electron chi connectivity index (χ0n) is 20.8. The molecule has 3 amide bonds. The summed E-state index contributed by atoms with van der Waals surface area (Å²) < 4.78 is 5.62. The predicted molar refractivity (Wildman–Crippen MR) is 143 cm³/mol. The van der Waals surface area contributed by atoms with Gasteiger partial charge in [-0.1, -0.05) is 0 Å². The first-order valence-electron chi connectivity index (χ1n) is 12.6. The third-order valence-corrected chi connectivity index (χ3v) is 6.98. The van der Waals surface area contributed by atoms with Crippen molar-refractivity contribution in [3.63, 3.8) is 0 Å². The second-order valence-electron chi connectivity index (χ2n) is 9.34. The maximum atomic E-state index is 12.2. The number of unbranched alkanes of at least 4 members (excludes halogenated alkanes) is 1. The van der Waals surface area contributed by atoms with Crippen molar-refractivity contribution in [3.8, 4) is 6.07 Å². The Morgan fingerprint density at radius 2 is 1.92 bits per heavy atom. The molecule has 0 radical (unpaired) electrons. The number of aryl methyl sites for hydroxylation is 1. The summed E-state index contributed by atoms with van der Waals surface area (Å²) in [5, 5.41) is 15.7. The van der Waals surface area contributed by atoms with Gasteiger partial charge in [-0.25, -0.2) is 4.79 Å². The molecule has 0 bridgehead atoms. The molecule has 9 heteroatoms. The molecule has 0 unspecified atom stereocenters. The van der Waals surface area contributed by atoms with Gasteiger partial charge in [0, 0.05) is 61.4 Å². The third kappa shape index (κ3) is 5.44. The van der Waals surface area contributed by atoms with Crippen LogP contribution in [-0.4, -0.2) is 61.6 Å². The van der Waals surface area contributed by atoms with Crippen molar-refractivity contribution in [2.75, 3.05) is 44.7 Å². The number of piperazine rings is 1. The number of rotatable bonds is 7. The zero-order chi connectivity index (χ0) is 25.8. The summed E-state index contributed by atoms with van der Waals surface area (Å²) in [5.74, 6) is -0.457. The van der Waals surface area contributed by atoms with Crippen LogP contribution in [0, 0.1) is 11.3 Å². The van der Waals surface area contributed by atoms with E-state index >= 15 is 0 Å². The molecule has 0 saturated carbocycles. The molecular formula is C28H30N6O3. The van der Waals surface area contributed by atoms with Crippen LogP contribution in [0.4, 0.5) is 10.5 Å². The first-order chi connectivity index (χ1) is 18.0. The normalized spacial score (nSPS) is 14.1. The fraction of sp³-hybridized carbons (Fsp3) is 0.321. The number of aromatic nitrogens is 1. The highest BCUT2D eigenvalue weighted by molar-refractivity contribution is 6.04. The maximum Gasteiger partial charge on any atom is 0.321 e. The van der Waals surface area contributed by atoms with E-state index in [0.717, 1.165) is 74.0 Å². The highest BCUT2D eigenvalue weighted by Gasteiger charge is 2.19. The third-order valence-electron chi connectivity index (χ3n) is 6.98. The fourth-order valence-corrected chi connectivity index (χ4v) is 4.90. The number of urea groups is 1. The summed E-state index contributed by atoms with van der Waals surface area (Å²) in [6.07, 6.45) is 5.31. The van der Waals surface area contributed by atoms with E-state index in [9.17, 15) is 14.9 Å². The van der Waals surface area contributed by atoms with Crippen LogP contribution in [0.25, 0.3) is 21.9 Å². The molecule has 0 atom stereocenters. The van der Waals surface area contributed by atoms with Crippen LogP contribution >= 0.6 is 0 Å². The number of carbonyl (C=O) groups excluding carboxylic acids is 2. The summed E-state index contributed by atoms with van der Waals surface area (Å²) in [6.45, 7) is 4.95. The molecule has 37 heavy (non-hydrogen) atoms. The van der Waals surface area contributed by atoms with Gasteiger partial charge in [0.2, 0.25) is 0 Å². The Bertz CT molecular complexity index is 1470. The Morgan fingerprint density at radius 1 is 1.08 bits per heavy atom. The second kappa shape index (κ2) is 10.8. The van der Waals surface area contributed by atoms with Gasteiger partial charge in [0.15, 0.2) is 5.76 Å². The molecule has 1 saturated heterocycles. The van der Waals surface area contributed by atoms with Crippen LogP contribution in [0.3, 0.4) is 0 Å². The van der Waals surface area contributed by atoms with E-state index in [1.807, 2.05) is 36.4 Å². The minimum Gasteiger partial charge on any atom is -0.451 e. The van der Waals surface area contributed by atoms with Crippen LogP contribution in [0.5, 0.6) is 0 Å². The molecule has 1 aliphatic heterocycles. The Hall–Kier alpha value is -4.29. The fourth-order valence-electron chi connectivity index (χ4n) is 4.90. The molecule has 3 N–H and O–H groups in total. The van der Waals surface area contributed by atoms with E-state index in [4.69, 9.17) is 4.42 Å². The number of carbonyl (C=O) groups is 2. The van der Waals surface area contributed by atoms with Crippen molar-refractivity contribution in [1.82, 2.24) is 20.5 Å². The van der Waals surface area contributed by atoms with Gasteiger partial charge in [-0.15, -0.1) is 0 Å². The van der Waals surface area contributed by atoms with E-state index < -0.39 is 11.9 Å². The van der Waals surface area contributed by atoms with Gasteiger partial charge in [0.1, 0.15) is 5.58 Å². The topological polar surface area (TPSA) is 117 Å². The Labute approximate surface area is 215 Å². The molecule has 1 fully saturated rings. The van der Waals surface area contributed by atoms with E-state index in [-0.39, 0.29) is 5.76 Å². The number of nitriles is 1. The molecule has 0 spiro atoms. The van der Waals surface area contributed by atoms with Crippen molar-refractivity contribution in [2.24, 2.45) is 0 Å². The number of fused-ring (bicyclic) bond motifs is 2. The van der Waals surface area contributed by atoms with Gasteiger partial charge in [-0.2, -0.15) is 5.26 Å². The average Bonchev–Trinajstić information content (AvgIpc) is 3.54. The maximum absolute atomic E-state index is 12.2. The van der Waals surface area contributed by atoms with Crippen molar-refractivity contribution >= 4 is 39.5 Å². The van der Waals surface area contributed by atoms with Crippen LogP contribution in [0.1, 0.15) is 34.5 Å². The highest BCUT2D eigenvalue weighted by atomic mass is 16.3. The number of benzene rings is 2. The number of furan rings is 1.